The molecule has 3 rings (SSSR count). The van der Waals surface area contributed by atoms with Crippen LogP contribution in [0.4, 0.5) is 0 Å². The zero-order chi connectivity index (χ0) is 14.8. The number of benzene rings is 1. The number of aryl methyl sites for hydroxylation is 2. The van der Waals surface area contributed by atoms with Crippen LogP contribution in [-0.2, 0) is 19.4 Å². The quantitative estimate of drug-likeness (QED) is 0.780. The third-order valence-corrected chi connectivity index (χ3v) is 3.84. The SMILES string of the molecule is CCc1ccc(C(N)Cc2nn(CC)c3ccccc23)o1. The fourth-order valence-electron chi connectivity index (χ4n) is 2.68. The third-order valence-electron chi connectivity index (χ3n) is 3.84. The minimum atomic E-state index is -0.158. The summed E-state index contributed by atoms with van der Waals surface area (Å²) in [6, 6.07) is 12.1. The number of nitrogens with zero attached hydrogens (tertiary/aromatic N) is 2. The molecule has 2 heterocycles. The van der Waals surface area contributed by atoms with Crippen molar-refractivity contribution in [1.29, 1.82) is 0 Å². The molecule has 0 aliphatic carbocycles. The highest BCUT2D eigenvalue weighted by Crippen LogP contribution is 2.24. The largest absolute Gasteiger partial charge is 0.464 e. The van der Waals surface area contributed by atoms with Gasteiger partial charge in [0.25, 0.3) is 0 Å². The molecule has 0 aliphatic heterocycles. The molecule has 4 nitrogen and oxygen atoms in total. The number of fused-ring (bicyclic) bond motifs is 1. The highest BCUT2D eigenvalue weighted by atomic mass is 16.3. The average Bonchev–Trinajstić information content (AvgIpc) is 3.12. The van der Waals surface area contributed by atoms with E-state index < -0.39 is 0 Å². The van der Waals surface area contributed by atoms with Crippen LogP contribution in [0.1, 0.15) is 37.1 Å². The van der Waals surface area contributed by atoms with Crippen molar-refractivity contribution in [3.63, 3.8) is 0 Å². The summed E-state index contributed by atoms with van der Waals surface area (Å²) in [6.07, 6.45) is 1.57. The van der Waals surface area contributed by atoms with Gasteiger partial charge in [0.1, 0.15) is 11.5 Å². The molecule has 0 radical (unpaired) electrons. The fraction of sp³-hybridized carbons (Fsp3) is 0.353. The van der Waals surface area contributed by atoms with Crippen molar-refractivity contribution < 1.29 is 4.42 Å². The van der Waals surface area contributed by atoms with E-state index in [0.29, 0.717) is 6.42 Å². The number of hydrogen-bond donors (Lipinski definition) is 1. The molecule has 0 amide bonds. The van der Waals surface area contributed by atoms with Crippen LogP contribution in [0.25, 0.3) is 10.9 Å². The first-order valence-electron chi connectivity index (χ1n) is 7.51. The maximum absolute atomic E-state index is 6.29. The second-order valence-electron chi connectivity index (χ2n) is 5.25. The smallest absolute Gasteiger partial charge is 0.121 e. The average molecular weight is 283 g/mol. The summed E-state index contributed by atoms with van der Waals surface area (Å²) in [5.41, 5.74) is 8.49. The molecule has 0 bridgehead atoms. The summed E-state index contributed by atoms with van der Waals surface area (Å²) in [5.74, 6) is 1.81. The molecule has 2 aromatic heterocycles. The molecule has 0 saturated heterocycles. The van der Waals surface area contributed by atoms with Crippen LogP contribution < -0.4 is 5.73 Å². The topological polar surface area (TPSA) is 57.0 Å². The minimum absolute atomic E-state index is 0.158. The first-order valence-corrected chi connectivity index (χ1v) is 7.51. The summed E-state index contributed by atoms with van der Waals surface area (Å²) in [7, 11) is 0. The highest BCUT2D eigenvalue weighted by Gasteiger charge is 2.16. The Labute approximate surface area is 124 Å². The maximum Gasteiger partial charge on any atom is 0.121 e. The molecule has 1 atom stereocenters. The van der Waals surface area contributed by atoms with Crippen LogP contribution >= 0.6 is 0 Å². The first-order chi connectivity index (χ1) is 10.2. The Morgan fingerprint density at radius 1 is 1.19 bits per heavy atom. The predicted octanol–water partition coefficient (Wildman–Crippen LogP) is 3.45. The van der Waals surface area contributed by atoms with E-state index in [4.69, 9.17) is 15.2 Å². The van der Waals surface area contributed by atoms with Crippen molar-refractivity contribution in [2.75, 3.05) is 0 Å². The lowest BCUT2D eigenvalue weighted by Crippen LogP contribution is -2.13. The van der Waals surface area contributed by atoms with Crippen LogP contribution in [0, 0.1) is 0 Å². The van der Waals surface area contributed by atoms with E-state index in [2.05, 4.69) is 26.0 Å². The van der Waals surface area contributed by atoms with Crippen molar-refractivity contribution >= 4 is 10.9 Å². The van der Waals surface area contributed by atoms with E-state index in [1.165, 1.54) is 5.39 Å². The van der Waals surface area contributed by atoms with Gasteiger partial charge in [-0.3, -0.25) is 4.68 Å². The summed E-state index contributed by atoms with van der Waals surface area (Å²) in [5, 5.41) is 5.87. The molecule has 21 heavy (non-hydrogen) atoms. The van der Waals surface area contributed by atoms with Gasteiger partial charge in [-0.15, -0.1) is 0 Å². The second-order valence-corrected chi connectivity index (χ2v) is 5.25. The van der Waals surface area contributed by atoms with Crippen molar-refractivity contribution in [2.45, 2.75) is 39.3 Å². The van der Waals surface area contributed by atoms with Gasteiger partial charge in [0, 0.05) is 24.8 Å². The molecular weight excluding hydrogens is 262 g/mol. The summed E-state index contributed by atoms with van der Waals surface area (Å²) in [4.78, 5) is 0. The normalized spacial score (nSPS) is 12.9. The van der Waals surface area contributed by atoms with Gasteiger partial charge < -0.3 is 10.2 Å². The molecule has 4 heteroatoms. The Balaban J connectivity index is 1.90. The molecule has 2 N–H and O–H groups in total. The van der Waals surface area contributed by atoms with Gasteiger partial charge in [0.05, 0.1) is 17.3 Å². The standard InChI is InChI=1S/C17H21N3O/c1-3-12-9-10-17(21-12)14(18)11-15-13-7-5-6-8-16(13)20(4-2)19-15/h5-10,14H,3-4,11,18H2,1-2H3. The number of rotatable bonds is 5. The highest BCUT2D eigenvalue weighted by molar-refractivity contribution is 5.82. The molecule has 0 saturated carbocycles. The zero-order valence-electron chi connectivity index (χ0n) is 12.5. The van der Waals surface area contributed by atoms with Gasteiger partial charge in [0.2, 0.25) is 0 Å². The van der Waals surface area contributed by atoms with Crippen molar-refractivity contribution in [3.8, 4) is 0 Å². The summed E-state index contributed by atoms with van der Waals surface area (Å²) < 4.78 is 7.78. The molecular formula is C17H21N3O. The fourth-order valence-corrected chi connectivity index (χ4v) is 2.68. The van der Waals surface area contributed by atoms with Crippen molar-refractivity contribution in [2.24, 2.45) is 5.73 Å². The Hall–Kier alpha value is -2.07. The minimum Gasteiger partial charge on any atom is -0.464 e. The Morgan fingerprint density at radius 3 is 2.71 bits per heavy atom. The van der Waals surface area contributed by atoms with E-state index in [1.807, 2.05) is 28.9 Å². The van der Waals surface area contributed by atoms with E-state index in [1.54, 1.807) is 0 Å². The lowest BCUT2D eigenvalue weighted by molar-refractivity contribution is 0.432. The Bertz CT molecular complexity index is 741. The second kappa shape index (κ2) is 5.74. The predicted molar refractivity (Wildman–Crippen MR) is 84.1 cm³/mol. The van der Waals surface area contributed by atoms with Gasteiger partial charge in [-0.1, -0.05) is 25.1 Å². The third kappa shape index (κ3) is 2.59. The van der Waals surface area contributed by atoms with Crippen LogP contribution in [0.5, 0.6) is 0 Å². The van der Waals surface area contributed by atoms with Gasteiger partial charge in [-0.05, 0) is 25.1 Å². The van der Waals surface area contributed by atoms with E-state index in [9.17, 15) is 0 Å². The van der Waals surface area contributed by atoms with E-state index in [0.717, 1.165) is 35.7 Å². The number of nitrogens with two attached hydrogens (primary N) is 1. The molecule has 3 aromatic rings. The van der Waals surface area contributed by atoms with Crippen molar-refractivity contribution in [3.05, 3.63) is 53.6 Å². The lowest BCUT2D eigenvalue weighted by atomic mass is 10.1. The van der Waals surface area contributed by atoms with Crippen LogP contribution in [0.15, 0.2) is 40.8 Å². The van der Waals surface area contributed by atoms with Crippen LogP contribution in [0.3, 0.4) is 0 Å². The van der Waals surface area contributed by atoms with Gasteiger partial charge in [0.15, 0.2) is 0 Å². The molecule has 0 spiro atoms. The number of para-hydroxylation sites is 1. The van der Waals surface area contributed by atoms with E-state index >= 15 is 0 Å². The maximum atomic E-state index is 6.29. The van der Waals surface area contributed by atoms with Crippen molar-refractivity contribution in [1.82, 2.24) is 9.78 Å². The monoisotopic (exact) mass is 283 g/mol. The first kappa shape index (κ1) is 13.9. The Morgan fingerprint density at radius 2 is 2.00 bits per heavy atom. The van der Waals surface area contributed by atoms with Crippen LogP contribution in [0.2, 0.25) is 0 Å². The molecule has 1 aromatic carbocycles. The molecule has 0 aliphatic rings. The number of furan rings is 1. The van der Waals surface area contributed by atoms with Crippen LogP contribution in [-0.4, -0.2) is 9.78 Å². The number of aromatic nitrogens is 2. The zero-order valence-corrected chi connectivity index (χ0v) is 12.5. The molecule has 110 valence electrons. The lowest BCUT2D eigenvalue weighted by Gasteiger charge is -2.07. The molecule has 1 unspecified atom stereocenters. The molecule has 0 fully saturated rings. The summed E-state index contributed by atoms with van der Waals surface area (Å²) >= 11 is 0. The Kier molecular flexibility index (Phi) is 3.80. The van der Waals surface area contributed by atoms with Gasteiger partial charge >= 0.3 is 0 Å². The number of hydrogen-bond acceptors (Lipinski definition) is 3. The van der Waals surface area contributed by atoms with Gasteiger partial charge in [-0.25, -0.2) is 0 Å². The van der Waals surface area contributed by atoms with E-state index in [-0.39, 0.29) is 6.04 Å². The van der Waals surface area contributed by atoms with Gasteiger partial charge in [-0.2, -0.15) is 5.10 Å². The summed E-state index contributed by atoms with van der Waals surface area (Å²) in [6.45, 7) is 5.03.